The molecule has 5 nitrogen and oxygen atoms in total. The molecule has 3 rings (SSSR count). The second kappa shape index (κ2) is 6.93. The van der Waals surface area contributed by atoms with E-state index in [4.69, 9.17) is 9.47 Å². The van der Waals surface area contributed by atoms with Crippen LogP contribution in [0, 0.1) is 0 Å². The minimum absolute atomic E-state index is 0.226. The minimum Gasteiger partial charge on any atom is -0.497 e. The first-order chi connectivity index (χ1) is 11.2. The molecule has 2 aromatic carbocycles. The maximum Gasteiger partial charge on any atom is 0.266 e. The molecule has 0 unspecified atom stereocenters. The lowest BCUT2D eigenvalue weighted by Gasteiger charge is -2.09. The Balaban J connectivity index is 1.75. The van der Waals surface area contributed by atoms with Crippen LogP contribution in [0.25, 0.3) is 11.0 Å². The molecule has 23 heavy (non-hydrogen) atoms. The van der Waals surface area contributed by atoms with Crippen molar-refractivity contribution < 1.29 is 9.47 Å². The summed E-state index contributed by atoms with van der Waals surface area (Å²) >= 11 is 3.45. The van der Waals surface area contributed by atoms with Crippen LogP contribution in [0.15, 0.2) is 51.9 Å². The molecule has 0 bridgehead atoms. The Morgan fingerprint density at radius 1 is 1.17 bits per heavy atom. The Bertz CT molecular complexity index is 875. The quantitative estimate of drug-likeness (QED) is 0.742. The van der Waals surface area contributed by atoms with E-state index in [-0.39, 0.29) is 5.56 Å². The molecule has 1 N–H and O–H groups in total. The molecular weight excluding hydrogens is 360 g/mol. The molecule has 0 aliphatic rings. The number of hydrogen-bond donors (Lipinski definition) is 1. The van der Waals surface area contributed by atoms with Crippen molar-refractivity contribution in [2.75, 3.05) is 7.11 Å². The van der Waals surface area contributed by atoms with Crippen molar-refractivity contribution in [2.24, 2.45) is 0 Å². The molecule has 0 atom stereocenters. The number of methoxy groups -OCH3 is 1. The van der Waals surface area contributed by atoms with Gasteiger partial charge in [-0.15, -0.1) is 0 Å². The van der Waals surface area contributed by atoms with E-state index < -0.39 is 0 Å². The third-order valence-corrected chi connectivity index (χ3v) is 3.88. The topological polar surface area (TPSA) is 64.2 Å². The molecule has 0 saturated carbocycles. The predicted octanol–water partition coefficient (Wildman–Crippen LogP) is 3.41. The minimum atomic E-state index is -0.226. The summed E-state index contributed by atoms with van der Waals surface area (Å²) in [5.74, 6) is 0.815. The van der Waals surface area contributed by atoms with Crippen LogP contribution in [-0.2, 0) is 18.0 Å². The number of hydrogen-bond acceptors (Lipinski definition) is 4. The smallest absolute Gasteiger partial charge is 0.266 e. The van der Waals surface area contributed by atoms with Crippen LogP contribution < -0.4 is 10.3 Å². The van der Waals surface area contributed by atoms with Gasteiger partial charge in [0.05, 0.1) is 37.6 Å². The summed E-state index contributed by atoms with van der Waals surface area (Å²) in [5, 5.41) is 0. The maximum absolute atomic E-state index is 11.5. The van der Waals surface area contributed by atoms with Gasteiger partial charge in [0.15, 0.2) is 0 Å². The largest absolute Gasteiger partial charge is 0.497 e. The standard InChI is InChI=1S/C17H15BrN2O3/c1-22-14-4-2-11(3-5-14)9-23-10-12-6-13(18)7-15-17(12)20-16(21)8-19-15/h2-8H,9-10H2,1H3,(H,20,21). The number of nitrogens with zero attached hydrogens (tertiary/aromatic N) is 1. The van der Waals surface area contributed by atoms with Crippen LogP contribution >= 0.6 is 15.9 Å². The van der Waals surface area contributed by atoms with Gasteiger partial charge in [0.25, 0.3) is 5.56 Å². The highest BCUT2D eigenvalue weighted by atomic mass is 79.9. The van der Waals surface area contributed by atoms with E-state index in [1.54, 1.807) is 7.11 Å². The van der Waals surface area contributed by atoms with Gasteiger partial charge in [-0.25, -0.2) is 4.98 Å². The van der Waals surface area contributed by atoms with Crippen molar-refractivity contribution in [3.8, 4) is 5.75 Å². The first kappa shape index (κ1) is 15.7. The number of aromatic nitrogens is 2. The Morgan fingerprint density at radius 3 is 2.70 bits per heavy atom. The fourth-order valence-corrected chi connectivity index (χ4v) is 2.78. The zero-order valence-corrected chi connectivity index (χ0v) is 14.1. The van der Waals surface area contributed by atoms with E-state index in [1.165, 1.54) is 6.20 Å². The van der Waals surface area contributed by atoms with Crippen molar-refractivity contribution in [2.45, 2.75) is 13.2 Å². The molecule has 1 heterocycles. The second-order valence-corrected chi connectivity index (χ2v) is 5.96. The number of nitrogens with one attached hydrogen (secondary N) is 1. The molecule has 0 aliphatic carbocycles. The lowest BCUT2D eigenvalue weighted by atomic mass is 10.2. The summed E-state index contributed by atoms with van der Waals surface area (Å²) in [6, 6.07) is 11.5. The number of fused-ring (bicyclic) bond motifs is 1. The predicted molar refractivity (Wildman–Crippen MR) is 91.6 cm³/mol. The Morgan fingerprint density at radius 2 is 1.96 bits per heavy atom. The Hall–Kier alpha value is -2.18. The average Bonchev–Trinajstić information content (AvgIpc) is 2.56. The Labute approximate surface area is 141 Å². The normalized spacial score (nSPS) is 10.9. The van der Waals surface area contributed by atoms with Crippen molar-refractivity contribution in [3.05, 3.63) is 68.5 Å². The van der Waals surface area contributed by atoms with Gasteiger partial charge in [-0.2, -0.15) is 0 Å². The second-order valence-electron chi connectivity index (χ2n) is 5.05. The van der Waals surface area contributed by atoms with Gasteiger partial charge >= 0.3 is 0 Å². The molecule has 118 valence electrons. The molecule has 6 heteroatoms. The van der Waals surface area contributed by atoms with Crippen molar-refractivity contribution in [1.29, 1.82) is 0 Å². The van der Waals surface area contributed by atoms with Gasteiger partial charge in [0.2, 0.25) is 0 Å². The van der Waals surface area contributed by atoms with Gasteiger partial charge in [-0.05, 0) is 29.8 Å². The molecule has 0 spiro atoms. The SMILES string of the molecule is COc1ccc(COCc2cc(Br)cc3ncc(=O)[nH]c23)cc1. The fourth-order valence-electron chi connectivity index (χ4n) is 2.29. The van der Waals surface area contributed by atoms with Gasteiger partial charge in [-0.3, -0.25) is 4.79 Å². The lowest BCUT2D eigenvalue weighted by molar-refractivity contribution is 0.108. The molecule has 0 aliphatic heterocycles. The van der Waals surface area contributed by atoms with Crippen LogP contribution in [0.5, 0.6) is 5.75 Å². The molecular formula is C17H15BrN2O3. The summed E-state index contributed by atoms with van der Waals surface area (Å²) in [6.45, 7) is 0.853. The lowest BCUT2D eigenvalue weighted by Crippen LogP contribution is -2.07. The molecule has 0 amide bonds. The first-order valence-electron chi connectivity index (χ1n) is 7.04. The van der Waals surface area contributed by atoms with Crippen LogP contribution in [0.4, 0.5) is 0 Å². The summed E-state index contributed by atoms with van der Waals surface area (Å²) in [4.78, 5) is 18.5. The summed E-state index contributed by atoms with van der Waals surface area (Å²) in [6.07, 6.45) is 1.27. The van der Waals surface area contributed by atoms with E-state index in [0.717, 1.165) is 26.9 Å². The van der Waals surface area contributed by atoms with Crippen LogP contribution in [0.2, 0.25) is 0 Å². The number of rotatable bonds is 5. The first-order valence-corrected chi connectivity index (χ1v) is 7.83. The summed E-state index contributed by atoms with van der Waals surface area (Å²) in [5.41, 5.74) is 3.14. The summed E-state index contributed by atoms with van der Waals surface area (Å²) < 4.78 is 11.8. The van der Waals surface area contributed by atoms with E-state index in [2.05, 4.69) is 25.9 Å². The average molecular weight is 375 g/mol. The van der Waals surface area contributed by atoms with Crippen molar-refractivity contribution in [1.82, 2.24) is 9.97 Å². The molecule has 0 fully saturated rings. The van der Waals surface area contributed by atoms with Crippen LogP contribution in [0.3, 0.4) is 0 Å². The molecule has 1 aromatic heterocycles. The number of benzene rings is 2. The number of aromatic amines is 1. The fraction of sp³-hybridized carbons (Fsp3) is 0.176. The molecule has 0 radical (unpaired) electrons. The zero-order chi connectivity index (χ0) is 16.2. The van der Waals surface area contributed by atoms with Crippen LogP contribution in [-0.4, -0.2) is 17.1 Å². The van der Waals surface area contributed by atoms with Gasteiger partial charge < -0.3 is 14.5 Å². The summed E-state index contributed by atoms with van der Waals surface area (Å²) in [7, 11) is 1.64. The molecule has 3 aromatic rings. The highest BCUT2D eigenvalue weighted by Gasteiger charge is 2.06. The highest BCUT2D eigenvalue weighted by molar-refractivity contribution is 9.10. The van der Waals surface area contributed by atoms with Gasteiger partial charge in [0, 0.05) is 10.0 Å². The maximum atomic E-state index is 11.5. The van der Waals surface area contributed by atoms with E-state index >= 15 is 0 Å². The van der Waals surface area contributed by atoms with Crippen molar-refractivity contribution >= 4 is 27.0 Å². The van der Waals surface area contributed by atoms with E-state index in [1.807, 2.05) is 36.4 Å². The Kier molecular flexibility index (Phi) is 4.73. The number of ether oxygens (including phenoxy) is 2. The van der Waals surface area contributed by atoms with Crippen molar-refractivity contribution in [3.63, 3.8) is 0 Å². The van der Waals surface area contributed by atoms with E-state index in [0.29, 0.717) is 18.7 Å². The van der Waals surface area contributed by atoms with Gasteiger partial charge in [-0.1, -0.05) is 28.1 Å². The molecule has 0 saturated heterocycles. The number of H-pyrrole nitrogens is 1. The highest BCUT2D eigenvalue weighted by Crippen LogP contribution is 2.21. The van der Waals surface area contributed by atoms with Crippen LogP contribution in [0.1, 0.15) is 11.1 Å². The van der Waals surface area contributed by atoms with Gasteiger partial charge in [0.1, 0.15) is 5.75 Å². The number of halogens is 1. The monoisotopic (exact) mass is 374 g/mol. The third-order valence-electron chi connectivity index (χ3n) is 3.42. The van der Waals surface area contributed by atoms with E-state index in [9.17, 15) is 4.79 Å². The third kappa shape index (κ3) is 3.78. The zero-order valence-electron chi connectivity index (χ0n) is 12.5.